The van der Waals surface area contributed by atoms with Gasteiger partial charge in [-0.05, 0) is 19.4 Å². The van der Waals surface area contributed by atoms with Crippen LogP contribution in [0.2, 0.25) is 0 Å². The molecule has 1 unspecified atom stereocenters. The van der Waals surface area contributed by atoms with Gasteiger partial charge in [0.1, 0.15) is 0 Å². The van der Waals surface area contributed by atoms with Crippen LogP contribution in [0.25, 0.3) is 0 Å². The summed E-state index contributed by atoms with van der Waals surface area (Å²) in [6.45, 7) is 2.52. The number of hydrogen-bond acceptors (Lipinski definition) is 4. The highest BCUT2D eigenvalue weighted by atomic mass is 16.5. The van der Waals surface area contributed by atoms with Crippen molar-refractivity contribution in [1.82, 2.24) is 14.5 Å². The number of nitrogens with zero attached hydrogens (tertiary/aromatic N) is 2. The lowest BCUT2D eigenvalue weighted by atomic mass is 10.0. The summed E-state index contributed by atoms with van der Waals surface area (Å²) in [5.74, 6) is 0.784. The lowest BCUT2D eigenvalue weighted by Gasteiger charge is -2.23. The number of nitrogens with one attached hydrogen (secondary N) is 1. The van der Waals surface area contributed by atoms with E-state index in [9.17, 15) is 9.59 Å². The molecule has 1 aliphatic heterocycles. The highest BCUT2D eigenvalue weighted by Gasteiger charge is 2.15. The third-order valence-electron chi connectivity index (χ3n) is 3.35. The molecule has 2 heterocycles. The van der Waals surface area contributed by atoms with Gasteiger partial charge in [0.15, 0.2) is 0 Å². The Morgan fingerprint density at radius 1 is 1.39 bits per heavy atom. The SMILES string of the molecule is Cn1c(OCC2CCCNC2)cc(=O)n(C)c1=O. The minimum atomic E-state index is -0.362. The number of aromatic nitrogens is 2. The lowest BCUT2D eigenvalue weighted by Crippen LogP contribution is -2.38. The summed E-state index contributed by atoms with van der Waals surface area (Å²) in [7, 11) is 3.07. The summed E-state index contributed by atoms with van der Waals surface area (Å²) in [5.41, 5.74) is -0.700. The van der Waals surface area contributed by atoms with E-state index >= 15 is 0 Å². The van der Waals surface area contributed by atoms with E-state index < -0.39 is 0 Å². The Bertz CT molecular complexity index is 526. The van der Waals surface area contributed by atoms with E-state index in [1.807, 2.05) is 0 Å². The van der Waals surface area contributed by atoms with Crippen molar-refractivity contribution in [2.45, 2.75) is 12.8 Å². The van der Waals surface area contributed by atoms with Gasteiger partial charge in [0.2, 0.25) is 5.88 Å². The Hall–Kier alpha value is -1.56. The van der Waals surface area contributed by atoms with Crippen molar-refractivity contribution in [2.75, 3.05) is 19.7 Å². The van der Waals surface area contributed by atoms with Crippen LogP contribution in [0.1, 0.15) is 12.8 Å². The normalized spacial score (nSPS) is 19.8. The van der Waals surface area contributed by atoms with Crippen LogP contribution < -0.4 is 21.3 Å². The first kappa shape index (κ1) is 12.9. The van der Waals surface area contributed by atoms with Crippen LogP contribution in [0.4, 0.5) is 0 Å². The molecule has 0 aliphatic carbocycles. The Balaban J connectivity index is 2.10. The molecule has 1 N–H and O–H groups in total. The summed E-state index contributed by atoms with van der Waals surface area (Å²) in [6, 6.07) is 1.36. The second-order valence-corrected chi connectivity index (χ2v) is 4.74. The van der Waals surface area contributed by atoms with E-state index in [-0.39, 0.29) is 11.2 Å². The quantitative estimate of drug-likeness (QED) is 0.786. The molecular formula is C12H19N3O3. The number of piperidine rings is 1. The third kappa shape index (κ3) is 2.64. The van der Waals surface area contributed by atoms with Gasteiger partial charge in [-0.3, -0.25) is 13.9 Å². The predicted octanol–water partition coefficient (Wildman–Crippen LogP) is -0.538. The van der Waals surface area contributed by atoms with Gasteiger partial charge in [-0.1, -0.05) is 0 Å². The first-order valence-electron chi connectivity index (χ1n) is 6.20. The van der Waals surface area contributed by atoms with E-state index in [2.05, 4.69) is 5.32 Å². The molecule has 0 spiro atoms. The fraction of sp³-hybridized carbons (Fsp3) is 0.667. The molecule has 1 aromatic rings. The Kier molecular flexibility index (Phi) is 3.86. The van der Waals surface area contributed by atoms with E-state index in [4.69, 9.17) is 4.74 Å². The van der Waals surface area contributed by atoms with Crippen molar-refractivity contribution >= 4 is 0 Å². The smallest absolute Gasteiger partial charge is 0.333 e. The van der Waals surface area contributed by atoms with Gasteiger partial charge < -0.3 is 10.1 Å². The van der Waals surface area contributed by atoms with Crippen LogP contribution in [-0.2, 0) is 14.1 Å². The molecule has 1 atom stereocenters. The summed E-state index contributed by atoms with van der Waals surface area (Å²) in [5, 5.41) is 3.30. The van der Waals surface area contributed by atoms with Crippen molar-refractivity contribution in [3.05, 3.63) is 26.9 Å². The van der Waals surface area contributed by atoms with Crippen LogP contribution in [-0.4, -0.2) is 28.8 Å². The molecule has 0 saturated carbocycles. The summed E-state index contributed by atoms with van der Waals surface area (Å²) in [6.07, 6.45) is 2.26. The maximum atomic E-state index is 11.7. The maximum Gasteiger partial charge on any atom is 0.333 e. The van der Waals surface area contributed by atoms with Gasteiger partial charge >= 0.3 is 5.69 Å². The first-order chi connectivity index (χ1) is 8.59. The van der Waals surface area contributed by atoms with Gasteiger partial charge in [0, 0.05) is 26.6 Å². The summed E-state index contributed by atoms with van der Waals surface area (Å²) >= 11 is 0. The average Bonchev–Trinajstić information content (AvgIpc) is 2.40. The fourth-order valence-electron chi connectivity index (χ4n) is 2.12. The van der Waals surface area contributed by atoms with E-state index in [0.717, 1.165) is 30.5 Å². The molecule has 1 saturated heterocycles. The third-order valence-corrected chi connectivity index (χ3v) is 3.35. The zero-order valence-electron chi connectivity index (χ0n) is 10.8. The minimum absolute atomic E-state index is 0.338. The standard InChI is InChI=1S/C12H19N3O3/c1-14-10(16)6-11(15(2)12(14)17)18-8-9-4-3-5-13-7-9/h6,9,13H,3-5,7-8H2,1-2H3. The van der Waals surface area contributed by atoms with Gasteiger partial charge in [-0.15, -0.1) is 0 Å². The van der Waals surface area contributed by atoms with Crippen LogP contribution in [0.3, 0.4) is 0 Å². The van der Waals surface area contributed by atoms with Crippen molar-refractivity contribution in [3.8, 4) is 5.88 Å². The van der Waals surface area contributed by atoms with Crippen molar-refractivity contribution in [3.63, 3.8) is 0 Å². The molecular weight excluding hydrogens is 234 g/mol. The van der Waals surface area contributed by atoms with Gasteiger partial charge in [-0.2, -0.15) is 0 Å². The Morgan fingerprint density at radius 2 is 2.17 bits per heavy atom. The largest absolute Gasteiger partial charge is 0.478 e. The molecule has 100 valence electrons. The van der Waals surface area contributed by atoms with Crippen molar-refractivity contribution in [1.29, 1.82) is 0 Å². The van der Waals surface area contributed by atoms with Gasteiger partial charge in [0.05, 0.1) is 12.7 Å². The molecule has 0 radical (unpaired) electrons. The monoisotopic (exact) mass is 253 g/mol. The topological polar surface area (TPSA) is 65.3 Å². The summed E-state index contributed by atoms with van der Waals surface area (Å²) in [4.78, 5) is 23.2. The van der Waals surface area contributed by atoms with Crippen LogP contribution >= 0.6 is 0 Å². The first-order valence-corrected chi connectivity index (χ1v) is 6.20. The Labute approximate surface area is 105 Å². The number of ether oxygens (including phenoxy) is 1. The number of rotatable bonds is 3. The molecule has 1 fully saturated rings. The van der Waals surface area contributed by atoms with Crippen molar-refractivity contribution < 1.29 is 4.74 Å². The minimum Gasteiger partial charge on any atom is -0.478 e. The highest BCUT2D eigenvalue weighted by Crippen LogP contribution is 2.12. The summed E-state index contributed by atoms with van der Waals surface area (Å²) < 4.78 is 8.03. The predicted molar refractivity (Wildman–Crippen MR) is 68.0 cm³/mol. The Morgan fingerprint density at radius 3 is 2.83 bits per heavy atom. The zero-order valence-corrected chi connectivity index (χ0v) is 10.8. The molecule has 6 nitrogen and oxygen atoms in total. The molecule has 0 bridgehead atoms. The lowest BCUT2D eigenvalue weighted by molar-refractivity contribution is 0.203. The highest BCUT2D eigenvalue weighted by molar-refractivity contribution is 5.08. The molecule has 0 aromatic carbocycles. The molecule has 1 aliphatic rings. The molecule has 18 heavy (non-hydrogen) atoms. The molecule has 0 amide bonds. The van der Waals surface area contributed by atoms with Crippen LogP contribution in [0.5, 0.6) is 5.88 Å². The zero-order chi connectivity index (χ0) is 13.1. The average molecular weight is 253 g/mol. The van der Waals surface area contributed by atoms with Crippen molar-refractivity contribution in [2.24, 2.45) is 20.0 Å². The van der Waals surface area contributed by atoms with Gasteiger partial charge in [0.25, 0.3) is 5.56 Å². The van der Waals surface area contributed by atoms with E-state index in [1.165, 1.54) is 17.7 Å². The number of hydrogen-bond donors (Lipinski definition) is 1. The molecule has 6 heteroatoms. The van der Waals surface area contributed by atoms with Crippen LogP contribution in [0, 0.1) is 5.92 Å². The maximum absolute atomic E-state index is 11.7. The van der Waals surface area contributed by atoms with Gasteiger partial charge in [-0.25, -0.2) is 4.79 Å². The van der Waals surface area contributed by atoms with Crippen LogP contribution in [0.15, 0.2) is 15.7 Å². The van der Waals surface area contributed by atoms with E-state index in [1.54, 1.807) is 7.05 Å². The molecule has 2 rings (SSSR count). The van der Waals surface area contributed by atoms with E-state index in [0.29, 0.717) is 18.4 Å². The fourth-order valence-corrected chi connectivity index (χ4v) is 2.12. The second kappa shape index (κ2) is 5.39. The second-order valence-electron chi connectivity index (χ2n) is 4.74. The molecule has 1 aromatic heterocycles.